The van der Waals surface area contributed by atoms with Gasteiger partial charge in [0.2, 0.25) is 0 Å². The summed E-state index contributed by atoms with van der Waals surface area (Å²) < 4.78 is 0. The zero-order valence-electron chi connectivity index (χ0n) is 10.5. The van der Waals surface area contributed by atoms with E-state index < -0.39 is 0 Å². The van der Waals surface area contributed by atoms with Gasteiger partial charge in [-0.15, -0.1) is 0 Å². The Bertz CT molecular complexity index is 215. The molecule has 1 aliphatic carbocycles. The molecule has 0 aromatic carbocycles. The van der Waals surface area contributed by atoms with E-state index in [2.05, 4.69) is 39.1 Å². The highest BCUT2D eigenvalue weighted by Gasteiger charge is 2.37. The zero-order chi connectivity index (χ0) is 11.5. The molecule has 0 aromatic heterocycles. The molecule has 0 radical (unpaired) electrons. The van der Waals surface area contributed by atoms with Crippen molar-refractivity contribution < 1.29 is 0 Å². The topological polar surface area (TPSA) is 35.8 Å². The van der Waals surface area contributed by atoms with Gasteiger partial charge in [0.1, 0.15) is 5.54 Å². The van der Waals surface area contributed by atoms with Crippen LogP contribution in [0.5, 0.6) is 0 Å². The Morgan fingerprint density at radius 3 is 1.93 bits per heavy atom. The van der Waals surface area contributed by atoms with E-state index in [4.69, 9.17) is 0 Å². The predicted molar refractivity (Wildman–Crippen MR) is 63.4 cm³/mol. The minimum Gasteiger partial charge on any atom is -0.297 e. The van der Waals surface area contributed by atoms with E-state index in [0.29, 0.717) is 17.9 Å². The number of hydrogen-bond acceptors (Lipinski definition) is 2. The molecule has 0 saturated heterocycles. The lowest BCUT2D eigenvalue weighted by molar-refractivity contribution is 0.284. The van der Waals surface area contributed by atoms with Crippen LogP contribution in [-0.2, 0) is 0 Å². The Morgan fingerprint density at radius 1 is 1.20 bits per heavy atom. The molecule has 2 heteroatoms. The number of rotatable bonds is 6. The van der Waals surface area contributed by atoms with E-state index in [1.54, 1.807) is 0 Å². The van der Waals surface area contributed by atoms with E-state index in [1.807, 2.05) is 0 Å². The predicted octanol–water partition coefficient (Wildman–Crippen LogP) is 3.09. The van der Waals surface area contributed by atoms with E-state index >= 15 is 0 Å². The Balaban J connectivity index is 2.65. The minimum absolute atomic E-state index is 0.274. The van der Waals surface area contributed by atoms with Crippen molar-refractivity contribution in [2.24, 2.45) is 11.8 Å². The Morgan fingerprint density at radius 2 is 1.67 bits per heavy atom. The second kappa shape index (κ2) is 4.99. The van der Waals surface area contributed by atoms with Crippen LogP contribution >= 0.6 is 0 Å². The molecule has 2 nitrogen and oxygen atoms in total. The Hall–Kier alpha value is -0.550. The van der Waals surface area contributed by atoms with Crippen LogP contribution in [0.4, 0.5) is 0 Å². The van der Waals surface area contributed by atoms with Crippen LogP contribution in [0.25, 0.3) is 0 Å². The van der Waals surface area contributed by atoms with Gasteiger partial charge in [-0.3, -0.25) is 5.32 Å². The number of nitrogens with one attached hydrogen (secondary N) is 1. The van der Waals surface area contributed by atoms with Crippen molar-refractivity contribution in [2.45, 2.75) is 65.0 Å². The van der Waals surface area contributed by atoms with Crippen molar-refractivity contribution in [2.75, 3.05) is 0 Å². The third-order valence-corrected chi connectivity index (χ3v) is 2.79. The van der Waals surface area contributed by atoms with Crippen molar-refractivity contribution >= 4 is 0 Å². The molecule has 1 rings (SSSR count). The zero-order valence-corrected chi connectivity index (χ0v) is 10.5. The van der Waals surface area contributed by atoms with Gasteiger partial charge < -0.3 is 0 Å². The van der Waals surface area contributed by atoms with Crippen molar-refractivity contribution in [1.82, 2.24) is 5.32 Å². The second-order valence-electron chi connectivity index (χ2n) is 5.81. The van der Waals surface area contributed by atoms with Crippen molar-refractivity contribution in [3.05, 3.63) is 0 Å². The molecule has 86 valence electrons. The highest BCUT2D eigenvalue weighted by atomic mass is 15.0. The molecule has 0 aliphatic heterocycles. The molecule has 0 bridgehead atoms. The van der Waals surface area contributed by atoms with Gasteiger partial charge in [0, 0.05) is 6.04 Å². The van der Waals surface area contributed by atoms with E-state index in [-0.39, 0.29) is 5.54 Å². The first-order valence-electron chi connectivity index (χ1n) is 6.16. The molecule has 0 spiro atoms. The van der Waals surface area contributed by atoms with Gasteiger partial charge in [-0.25, -0.2) is 0 Å². The Labute approximate surface area is 94.1 Å². The molecule has 0 unspecified atom stereocenters. The van der Waals surface area contributed by atoms with Gasteiger partial charge in [-0.2, -0.15) is 5.26 Å². The molecular weight excluding hydrogens is 184 g/mol. The van der Waals surface area contributed by atoms with E-state index in [1.165, 1.54) is 12.8 Å². The fourth-order valence-electron chi connectivity index (χ4n) is 2.34. The molecule has 0 heterocycles. The molecular formula is C13H24N2. The van der Waals surface area contributed by atoms with Gasteiger partial charge in [0.25, 0.3) is 0 Å². The van der Waals surface area contributed by atoms with Crippen LogP contribution in [-0.4, -0.2) is 11.6 Å². The lowest BCUT2D eigenvalue weighted by atomic mass is 9.83. The summed E-state index contributed by atoms with van der Waals surface area (Å²) in [4.78, 5) is 0. The van der Waals surface area contributed by atoms with Crippen LogP contribution in [0.15, 0.2) is 0 Å². The molecule has 1 fully saturated rings. The maximum atomic E-state index is 9.44. The minimum atomic E-state index is -0.274. The average molecular weight is 208 g/mol. The SMILES string of the molecule is CC(C)CC(C#N)(CC(C)C)NC1CC1. The lowest BCUT2D eigenvalue weighted by Crippen LogP contribution is -2.47. The monoisotopic (exact) mass is 208 g/mol. The highest BCUT2D eigenvalue weighted by molar-refractivity contribution is 5.10. The van der Waals surface area contributed by atoms with Crippen molar-refractivity contribution in [1.29, 1.82) is 5.26 Å². The summed E-state index contributed by atoms with van der Waals surface area (Å²) in [5.41, 5.74) is -0.274. The summed E-state index contributed by atoms with van der Waals surface area (Å²) >= 11 is 0. The quantitative estimate of drug-likeness (QED) is 0.728. The van der Waals surface area contributed by atoms with Crippen LogP contribution in [0.2, 0.25) is 0 Å². The molecule has 0 aromatic rings. The first kappa shape index (κ1) is 12.5. The first-order chi connectivity index (χ1) is 6.97. The number of nitriles is 1. The third kappa shape index (κ3) is 4.22. The van der Waals surface area contributed by atoms with Crippen molar-refractivity contribution in [3.63, 3.8) is 0 Å². The van der Waals surface area contributed by atoms with E-state index in [9.17, 15) is 5.26 Å². The summed E-state index contributed by atoms with van der Waals surface area (Å²) in [5, 5.41) is 13.0. The van der Waals surface area contributed by atoms with Crippen LogP contribution in [0.3, 0.4) is 0 Å². The van der Waals surface area contributed by atoms with E-state index in [0.717, 1.165) is 12.8 Å². The van der Waals surface area contributed by atoms with Gasteiger partial charge >= 0.3 is 0 Å². The fraction of sp³-hybridized carbons (Fsp3) is 0.923. The normalized spacial score (nSPS) is 17.1. The largest absolute Gasteiger partial charge is 0.297 e. The molecule has 0 amide bonds. The standard InChI is InChI=1S/C13H24N2/c1-10(2)7-13(9-14,8-11(3)4)15-12-5-6-12/h10-12,15H,5-8H2,1-4H3. The Kier molecular flexibility index (Phi) is 4.16. The van der Waals surface area contributed by atoms with Gasteiger partial charge in [-0.05, 0) is 37.5 Å². The maximum absolute atomic E-state index is 9.44. The molecule has 1 N–H and O–H groups in total. The van der Waals surface area contributed by atoms with Crippen molar-refractivity contribution in [3.8, 4) is 6.07 Å². The van der Waals surface area contributed by atoms with Crippen LogP contribution < -0.4 is 5.32 Å². The van der Waals surface area contributed by atoms with Gasteiger partial charge in [0.15, 0.2) is 0 Å². The summed E-state index contributed by atoms with van der Waals surface area (Å²) in [7, 11) is 0. The lowest BCUT2D eigenvalue weighted by Gasteiger charge is -2.31. The number of hydrogen-bond donors (Lipinski definition) is 1. The average Bonchev–Trinajstić information content (AvgIpc) is 2.85. The second-order valence-corrected chi connectivity index (χ2v) is 5.81. The third-order valence-electron chi connectivity index (χ3n) is 2.79. The van der Waals surface area contributed by atoms with Crippen LogP contribution in [0, 0.1) is 23.2 Å². The first-order valence-corrected chi connectivity index (χ1v) is 6.16. The van der Waals surface area contributed by atoms with Gasteiger partial charge in [-0.1, -0.05) is 27.7 Å². The van der Waals surface area contributed by atoms with Gasteiger partial charge in [0.05, 0.1) is 6.07 Å². The molecule has 15 heavy (non-hydrogen) atoms. The highest BCUT2D eigenvalue weighted by Crippen LogP contribution is 2.30. The molecule has 1 aliphatic rings. The maximum Gasteiger partial charge on any atom is 0.107 e. The summed E-state index contributed by atoms with van der Waals surface area (Å²) in [6.45, 7) is 8.78. The fourth-order valence-corrected chi connectivity index (χ4v) is 2.34. The number of nitrogens with zero attached hydrogens (tertiary/aromatic N) is 1. The summed E-state index contributed by atoms with van der Waals surface area (Å²) in [6, 6.07) is 3.15. The summed E-state index contributed by atoms with van der Waals surface area (Å²) in [6.07, 6.45) is 4.44. The molecule has 1 saturated carbocycles. The summed E-state index contributed by atoms with van der Waals surface area (Å²) in [5.74, 6) is 1.16. The molecule has 0 atom stereocenters. The van der Waals surface area contributed by atoms with Crippen LogP contribution in [0.1, 0.15) is 53.4 Å². The smallest absolute Gasteiger partial charge is 0.107 e.